The zero-order chi connectivity index (χ0) is 39.5. The molecule has 4 aliphatic rings. The molecule has 0 aliphatic carbocycles. The quantitative estimate of drug-likeness (QED) is 0.134. The number of hydrogen-bond donors (Lipinski definition) is 0. The molecule has 4 aliphatic heterocycles. The SMILES string of the molecule is COc1ccc(C2CCN3C(=O)c4cc(OC)c(OCCCOc5cc6c(cc5OC)C(=O)N5CCC(c7ccc(OC)cc7)C[C@H]5C=N6)cc4N=C[C@@H]3C2)cc1. The minimum atomic E-state index is -0.119. The van der Waals surface area contributed by atoms with Crippen LogP contribution in [0.15, 0.2) is 82.8 Å². The fourth-order valence-corrected chi connectivity index (χ4v) is 8.40. The number of rotatable bonds is 12. The van der Waals surface area contributed by atoms with Gasteiger partial charge in [0, 0.05) is 44.1 Å². The van der Waals surface area contributed by atoms with E-state index in [1.807, 2.05) is 46.5 Å². The number of ether oxygens (including phenoxy) is 6. The molecule has 2 unspecified atom stereocenters. The number of methoxy groups -OCH3 is 4. The number of aliphatic imine (C=N–C) groups is 2. The second-order valence-electron chi connectivity index (χ2n) is 14.8. The van der Waals surface area contributed by atoms with Gasteiger partial charge in [-0.2, -0.15) is 0 Å². The van der Waals surface area contributed by atoms with E-state index in [9.17, 15) is 9.59 Å². The van der Waals surface area contributed by atoms with Gasteiger partial charge in [0.1, 0.15) is 11.5 Å². The van der Waals surface area contributed by atoms with E-state index in [-0.39, 0.29) is 23.9 Å². The number of hydrogen-bond acceptors (Lipinski definition) is 10. The summed E-state index contributed by atoms with van der Waals surface area (Å²) >= 11 is 0. The monoisotopic (exact) mass is 772 g/mol. The van der Waals surface area contributed by atoms with Gasteiger partial charge in [0.15, 0.2) is 23.0 Å². The summed E-state index contributed by atoms with van der Waals surface area (Å²) in [6.07, 6.45) is 7.63. The lowest BCUT2D eigenvalue weighted by atomic mass is 9.85. The highest BCUT2D eigenvalue weighted by atomic mass is 16.5. The van der Waals surface area contributed by atoms with Crippen molar-refractivity contribution >= 4 is 35.6 Å². The fraction of sp³-hybridized carbons (Fsp3) is 0.378. The summed E-state index contributed by atoms with van der Waals surface area (Å²) < 4.78 is 34.4. The zero-order valence-electron chi connectivity index (χ0n) is 32.8. The van der Waals surface area contributed by atoms with Gasteiger partial charge in [0.05, 0.1) is 76.2 Å². The molecule has 0 N–H and O–H groups in total. The van der Waals surface area contributed by atoms with Gasteiger partial charge in [0.2, 0.25) is 0 Å². The van der Waals surface area contributed by atoms with E-state index in [0.29, 0.717) is 90.1 Å². The Labute approximate surface area is 333 Å². The molecule has 2 fully saturated rings. The smallest absolute Gasteiger partial charge is 0.256 e. The second kappa shape index (κ2) is 16.6. The molecule has 4 aromatic carbocycles. The van der Waals surface area contributed by atoms with Crippen LogP contribution in [0.5, 0.6) is 34.5 Å². The Balaban J connectivity index is 0.897. The van der Waals surface area contributed by atoms with Gasteiger partial charge in [-0.1, -0.05) is 24.3 Å². The van der Waals surface area contributed by atoms with Gasteiger partial charge in [0.25, 0.3) is 11.8 Å². The topological polar surface area (TPSA) is 121 Å². The average Bonchev–Trinajstić information content (AvgIpc) is 3.48. The molecule has 57 heavy (non-hydrogen) atoms. The number of nitrogens with zero attached hydrogens (tertiary/aromatic N) is 4. The maximum Gasteiger partial charge on any atom is 0.256 e. The first kappa shape index (κ1) is 37.9. The van der Waals surface area contributed by atoms with Crippen LogP contribution in [0.3, 0.4) is 0 Å². The van der Waals surface area contributed by atoms with Gasteiger partial charge in [-0.3, -0.25) is 19.6 Å². The second-order valence-corrected chi connectivity index (χ2v) is 14.8. The third kappa shape index (κ3) is 7.73. The van der Waals surface area contributed by atoms with Crippen molar-refractivity contribution < 1.29 is 38.0 Å². The summed E-state index contributed by atoms with van der Waals surface area (Å²) in [6, 6.07) is 23.1. The molecule has 4 heterocycles. The van der Waals surface area contributed by atoms with Crippen LogP contribution in [-0.4, -0.2) is 101 Å². The molecule has 296 valence electrons. The molecule has 0 saturated carbocycles. The fourth-order valence-electron chi connectivity index (χ4n) is 8.40. The molecular formula is C45H48N4O8. The highest BCUT2D eigenvalue weighted by Crippen LogP contribution is 2.42. The van der Waals surface area contributed by atoms with E-state index in [4.69, 9.17) is 38.4 Å². The molecule has 4 atom stereocenters. The standard InChI is InChI=1S/C45H48N4O8/c1-52-34-10-6-28(7-11-34)30-14-16-48-32(20-30)26-46-38-24-42(40(54-3)22-36(38)44(48)50)56-18-5-19-57-43-25-39-37(23-41(43)55-4)45(51)49-17-15-31(21-33(49)27-47-39)29-8-12-35(53-2)13-9-29/h6-13,22-27,30-33H,5,14-21H2,1-4H3/t30?,31?,32-,33-/m0/s1. The Hall–Kier alpha value is -6.04. The molecule has 0 aromatic heterocycles. The van der Waals surface area contributed by atoms with Gasteiger partial charge in [-0.25, -0.2) is 0 Å². The Morgan fingerprint density at radius 3 is 1.37 bits per heavy atom. The van der Waals surface area contributed by atoms with Crippen molar-refractivity contribution in [3.8, 4) is 34.5 Å². The summed E-state index contributed by atoms with van der Waals surface area (Å²) in [5.74, 6) is 4.09. The first-order chi connectivity index (χ1) is 27.9. The molecular weight excluding hydrogens is 725 g/mol. The normalized spacial score (nSPS) is 21.0. The van der Waals surface area contributed by atoms with Crippen LogP contribution >= 0.6 is 0 Å². The van der Waals surface area contributed by atoms with Crippen LogP contribution in [0, 0.1) is 0 Å². The van der Waals surface area contributed by atoms with E-state index in [2.05, 4.69) is 24.3 Å². The summed E-state index contributed by atoms with van der Waals surface area (Å²) in [5.41, 5.74) is 4.57. The molecule has 2 amide bonds. The van der Waals surface area contributed by atoms with Gasteiger partial charge < -0.3 is 38.2 Å². The minimum Gasteiger partial charge on any atom is -0.497 e. The summed E-state index contributed by atoms with van der Waals surface area (Å²) in [4.78, 5) is 41.0. The number of carbonyl (C=O) groups excluding carboxylic acids is 2. The molecule has 0 bridgehead atoms. The van der Waals surface area contributed by atoms with Crippen molar-refractivity contribution in [1.82, 2.24) is 9.80 Å². The van der Waals surface area contributed by atoms with Crippen LogP contribution in [0.2, 0.25) is 0 Å². The number of amides is 2. The third-order valence-corrected chi connectivity index (χ3v) is 11.6. The Kier molecular flexibility index (Phi) is 11.0. The number of fused-ring (bicyclic) bond motifs is 4. The van der Waals surface area contributed by atoms with E-state index < -0.39 is 0 Å². The van der Waals surface area contributed by atoms with Gasteiger partial charge in [-0.05, 0) is 85.0 Å². The first-order valence-corrected chi connectivity index (χ1v) is 19.5. The Morgan fingerprint density at radius 2 is 0.982 bits per heavy atom. The van der Waals surface area contributed by atoms with Crippen molar-refractivity contribution in [1.29, 1.82) is 0 Å². The van der Waals surface area contributed by atoms with E-state index in [0.717, 1.165) is 37.2 Å². The van der Waals surface area contributed by atoms with Crippen LogP contribution < -0.4 is 28.4 Å². The molecule has 0 spiro atoms. The van der Waals surface area contributed by atoms with Crippen molar-refractivity contribution in [3.63, 3.8) is 0 Å². The van der Waals surface area contributed by atoms with Gasteiger partial charge >= 0.3 is 0 Å². The van der Waals surface area contributed by atoms with Crippen molar-refractivity contribution in [2.45, 2.75) is 56.0 Å². The number of piperidine rings is 2. The predicted molar refractivity (Wildman–Crippen MR) is 217 cm³/mol. The van der Waals surface area contributed by atoms with Gasteiger partial charge in [-0.15, -0.1) is 0 Å². The maximum atomic E-state index is 13.8. The molecule has 8 rings (SSSR count). The number of carbonyl (C=O) groups is 2. The molecule has 12 heteroatoms. The molecule has 0 radical (unpaired) electrons. The van der Waals surface area contributed by atoms with E-state index in [1.54, 1.807) is 52.7 Å². The van der Waals surface area contributed by atoms with E-state index >= 15 is 0 Å². The summed E-state index contributed by atoms with van der Waals surface area (Å²) in [5, 5.41) is 0. The largest absolute Gasteiger partial charge is 0.497 e. The molecule has 4 aromatic rings. The van der Waals surface area contributed by atoms with Crippen LogP contribution in [0.4, 0.5) is 11.4 Å². The summed E-state index contributed by atoms with van der Waals surface area (Å²) in [7, 11) is 6.46. The Morgan fingerprint density at radius 1 is 0.561 bits per heavy atom. The van der Waals surface area contributed by atoms with Crippen molar-refractivity contribution in [2.24, 2.45) is 9.98 Å². The van der Waals surface area contributed by atoms with Crippen molar-refractivity contribution in [3.05, 3.63) is 95.1 Å². The molecule has 2 saturated heterocycles. The lowest BCUT2D eigenvalue weighted by Gasteiger charge is -2.37. The van der Waals surface area contributed by atoms with Crippen molar-refractivity contribution in [2.75, 3.05) is 54.7 Å². The lowest BCUT2D eigenvalue weighted by molar-refractivity contribution is 0.0665. The Bertz CT molecular complexity index is 2020. The summed E-state index contributed by atoms with van der Waals surface area (Å²) in [6.45, 7) is 1.91. The first-order valence-electron chi connectivity index (χ1n) is 19.5. The minimum absolute atomic E-state index is 0.0617. The third-order valence-electron chi connectivity index (χ3n) is 11.6. The van der Waals surface area contributed by atoms with E-state index in [1.165, 1.54) is 11.1 Å². The van der Waals surface area contributed by atoms with Crippen LogP contribution in [0.1, 0.15) is 75.8 Å². The number of benzene rings is 4. The predicted octanol–water partition coefficient (Wildman–Crippen LogP) is 7.78. The molecule has 12 nitrogen and oxygen atoms in total. The van der Waals surface area contributed by atoms with Crippen LogP contribution in [-0.2, 0) is 0 Å². The highest BCUT2D eigenvalue weighted by molar-refractivity contribution is 6.04. The maximum absolute atomic E-state index is 13.8. The lowest BCUT2D eigenvalue weighted by Crippen LogP contribution is -2.45. The zero-order valence-corrected chi connectivity index (χ0v) is 32.8. The highest BCUT2D eigenvalue weighted by Gasteiger charge is 2.37. The van der Waals surface area contributed by atoms with Crippen LogP contribution in [0.25, 0.3) is 0 Å². The average molecular weight is 773 g/mol.